The topological polar surface area (TPSA) is 52.9 Å². The molecule has 2 rings (SSSR count). The lowest BCUT2D eigenvalue weighted by atomic mass is 9.91. The van der Waals surface area contributed by atoms with Crippen LogP contribution in [0.4, 0.5) is 0 Å². The molecule has 1 aromatic rings. The molecule has 0 spiro atoms. The van der Waals surface area contributed by atoms with Gasteiger partial charge < -0.3 is 5.11 Å². The molecule has 1 unspecified atom stereocenters. The molecule has 1 aliphatic heterocycles. The Balaban J connectivity index is 2.38. The van der Waals surface area contributed by atoms with Crippen molar-refractivity contribution < 1.29 is 9.90 Å². The van der Waals surface area contributed by atoms with Gasteiger partial charge in [-0.1, -0.05) is 45.9 Å². The highest BCUT2D eigenvalue weighted by Crippen LogP contribution is 2.35. The molecular formula is C16H22N2O2. The molecule has 1 heterocycles. The molecule has 0 saturated heterocycles. The maximum Gasteiger partial charge on any atom is 0.276 e. The van der Waals surface area contributed by atoms with Crippen molar-refractivity contribution in [2.45, 2.75) is 39.8 Å². The van der Waals surface area contributed by atoms with Gasteiger partial charge in [-0.3, -0.25) is 4.79 Å². The Kier molecular flexibility index (Phi) is 3.95. The summed E-state index contributed by atoms with van der Waals surface area (Å²) >= 11 is 0. The number of benzene rings is 1. The van der Waals surface area contributed by atoms with Crippen LogP contribution in [0.3, 0.4) is 0 Å². The molecule has 1 aliphatic rings. The first-order chi connectivity index (χ1) is 9.36. The van der Waals surface area contributed by atoms with Crippen molar-refractivity contribution in [1.82, 2.24) is 5.01 Å². The number of rotatable bonds is 3. The number of amides is 1. The van der Waals surface area contributed by atoms with Crippen LogP contribution in [0.15, 0.2) is 35.4 Å². The molecule has 4 heteroatoms. The second-order valence-electron chi connectivity index (χ2n) is 5.94. The Morgan fingerprint density at radius 2 is 1.85 bits per heavy atom. The van der Waals surface area contributed by atoms with E-state index in [0.29, 0.717) is 12.0 Å². The Morgan fingerprint density at radius 3 is 2.35 bits per heavy atom. The van der Waals surface area contributed by atoms with Crippen LogP contribution in [0.2, 0.25) is 0 Å². The molecule has 0 radical (unpaired) electrons. The van der Waals surface area contributed by atoms with Crippen LogP contribution < -0.4 is 0 Å². The summed E-state index contributed by atoms with van der Waals surface area (Å²) in [5, 5.41) is 16.5. The van der Waals surface area contributed by atoms with Crippen molar-refractivity contribution in [2.24, 2.45) is 16.9 Å². The van der Waals surface area contributed by atoms with E-state index in [0.717, 1.165) is 5.71 Å². The molecule has 0 saturated carbocycles. The summed E-state index contributed by atoms with van der Waals surface area (Å²) in [7, 11) is 0. The fourth-order valence-corrected chi connectivity index (χ4v) is 2.28. The van der Waals surface area contributed by atoms with E-state index in [2.05, 4.69) is 5.10 Å². The van der Waals surface area contributed by atoms with Gasteiger partial charge in [0.05, 0.1) is 0 Å². The Labute approximate surface area is 120 Å². The molecule has 1 atom stereocenters. The minimum Gasteiger partial charge on any atom is -0.368 e. The summed E-state index contributed by atoms with van der Waals surface area (Å²) in [5.41, 5.74) is 0.179. The fourth-order valence-electron chi connectivity index (χ4n) is 2.28. The third-order valence-electron chi connectivity index (χ3n) is 3.84. The first-order valence-corrected chi connectivity index (χ1v) is 7.05. The lowest BCUT2D eigenvalue weighted by molar-refractivity contribution is -0.103. The minimum atomic E-state index is -1.23. The zero-order valence-electron chi connectivity index (χ0n) is 12.5. The summed E-state index contributed by atoms with van der Waals surface area (Å²) in [6, 6.07) is 8.96. The number of aliphatic hydroxyl groups is 1. The summed E-state index contributed by atoms with van der Waals surface area (Å²) in [4.78, 5) is 12.6. The van der Waals surface area contributed by atoms with Crippen molar-refractivity contribution in [3.63, 3.8) is 0 Å². The summed E-state index contributed by atoms with van der Waals surface area (Å²) in [6.07, 6.45) is 0.418. The summed E-state index contributed by atoms with van der Waals surface area (Å²) < 4.78 is 0. The van der Waals surface area contributed by atoms with Crippen molar-refractivity contribution >= 4 is 11.6 Å². The van der Waals surface area contributed by atoms with Crippen LogP contribution in [0, 0.1) is 11.8 Å². The number of hydrazone groups is 1. The highest BCUT2D eigenvalue weighted by molar-refractivity contribution is 5.98. The van der Waals surface area contributed by atoms with E-state index in [1.165, 1.54) is 5.01 Å². The standard InChI is InChI=1S/C16H22N2O2/c1-11(2)14-10-16(20,12(3)4)18(17-14)15(19)13-8-6-5-7-9-13/h5-9,11-12,20H,10H2,1-4H3. The number of carbonyl (C=O) groups excluding carboxylic acids is 1. The molecule has 0 aromatic heterocycles. The van der Waals surface area contributed by atoms with E-state index >= 15 is 0 Å². The number of hydrogen-bond acceptors (Lipinski definition) is 3. The molecule has 0 fully saturated rings. The number of hydrogen-bond donors (Lipinski definition) is 1. The van der Waals surface area contributed by atoms with E-state index in [4.69, 9.17) is 0 Å². The largest absolute Gasteiger partial charge is 0.368 e. The van der Waals surface area contributed by atoms with Crippen LogP contribution in [-0.2, 0) is 0 Å². The second-order valence-corrected chi connectivity index (χ2v) is 5.94. The third kappa shape index (κ3) is 2.48. The average molecular weight is 274 g/mol. The zero-order chi connectivity index (χ0) is 14.9. The van der Waals surface area contributed by atoms with E-state index in [1.54, 1.807) is 12.1 Å². The van der Waals surface area contributed by atoms with Crippen molar-refractivity contribution in [3.05, 3.63) is 35.9 Å². The summed E-state index contributed by atoms with van der Waals surface area (Å²) in [5.74, 6) is -0.124. The maximum atomic E-state index is 12.6. The van der Waals surface area contributed by atoms with Gasteiger partial charge in [0, 0.05) is 23.6 Å². The number of carbonyl (C=O) groups is 1. The predicted molar refractivity (Wildman–Crippen MR) is 79.3 cm³/mol. The van der Waals surface area contributed by atoms with Gasteiger partial charge in [-0.15, -0.1) is 0 Å². The molecule has 1 aromatic carbocycles. The average Bonchev–Trinajstić information content (AvgIpc) is 2.79. The van der Waals surface area contributed by atoms with Crippen molar-refractivity contribution in [2.75, 3.05) is 0 Å². The third-order valence-corrected chi connectivity index (χ3v) is 3.84. The molecule has 20 heavy (non-hydrogen) atoms. The van der Waals surface area contributed by atoms with Crippen LogP contribution >= 0.6 is 0 Å². The first kappa shape index (κ1) is 14.7. The Morgan fingerprint density at radius 1 is 1.25 bits per heavy atom. The van der Waals surface area contributed by atoms with E-state index < -0.39 is 5.72 Å². The summed E-state index contributed by atoms with van der Waals surface area (Å²) in [6.45, 7) is 7.86. The highest BCUT2D eigenvalue weighted by atomic mass is 16.3. The molecule has 0 bridgehead atoms. The highest BCUT2D eigenvalue weighted by Gasteiger charge is 2.47. The van der Waals surface area contributed by atoms with Crippen LogP contribution in [0.1, 0.15) is 44.5 Å². The van der Waals surface area contributed by atoms with Gasteiger partial charge in [-0.25, -0.2) is 0 Å². The van der Waals surface area contributed by atoms with Crippen LogP contribution in [0.25, 0.3) is 0 Å². The van der Waals surface area contributed by atoms with Gasteiger partial charge in [-0.2, -0.15) is 10.1 Å². The Hall–Kier alpha value is -1.68. The lowest BCUT2D eigenvalue weighted by Gasteiger charge is -2.34. The smallest absolute Gasteiger partial charge is 0.276 e. The van der Waals surface area contributed by atoms with E-state index in [-0.39, 0.29) is 17.7 Å². The molecule has 4 nitrogen and oxygen atoms in total. The van der Waals surface area contributed by atoms with Gasteiger partial charge >= 0.3 is 0 Å². The SMILES string of the molecule is CC(C)C1=NN(C(=O)c2ccccc2)C(O)(C(C)C)C1. The normalized spacial score (nSPS) is 22.6. The van der Waals surface area contributed by atoms with Crippen molar-refractivity contribution in [1.29, 1.82) is 0 Å². The number of nitrogens with zero attached hydrogens (tertiary/aromatic N) is 2. The zero-order valence-corrected chi connectivity index (χ0v) is 12.5. The lowest BCUT2D eigenvalue weighted by Crippen LogP contribution is -2.50. The van der Waals surface area contributed by atoms with Gasteiger partial charge in [0.25, 0.3) is 5.91 Å². The minimum absolute atomic E-state index is 0.0878. The van der Waals surface area contributed by atoms with E-state index in [9.17, 15) is 9.90 Å². The Bertz CT molecular complexity index is 523. The van der Waals surface area contributed by atoms with Gasteiger partial charge in [0.15, 0.2) is 5.72 Å². The van der Waals surface area contributed by atoms with Gasteiger partial charge in [0.2, 0.25) is 0 Å². The second kappa shape index (κ2) is 5.37. The molecule has 108 valence electrons. The van der Waals surface area contributed by atoms with Crippen molar-refractivity contribution in [3.8, 4) is 0 Å². The predicted octanol–water partition coefficient (Wildman–Crippen LogP) is 2.89. The maximum absolute atomic E-state index is 12.6. The van der Waals surface area contributed by atoms with Crippen LogP contribution in [-0.4, -0.2) is 27.5 Å². The van der Waals surface area contributed by atoms with Crippen LogP contribution in [0.5, 0.6) is 0 Å². The monoisotopic (exact) mass is 274 g/mol. The van der Waals surface area contributed by atoms with Gasteiger partial charge in [0.1, 0.15) is 0 Å². The molecule has 1 amide bonds. The molecular weight excluding hydrogens is 252 g/mol. The fraction of sp³-hybridized carbons (Fsp3) is 0.500. The van der Waals surface area contributed by atoms with Gasteiger partial charge in [-0.05, 0) is 18.1 Å². The quantitative estimate of drug-likeness (QED) is 0.921. The molecule has 1 N–H and O–H groups in total. The first-order valence-electron chi connectivity index (χ1n) is 7.05. The van der Waals surface area contributed by atoms with E-state index in [1.807, 2.05) is 45.9 Å². The molecule has 0 aliphatic carbocycles.